The minimum Gasteiger partial charge on any atom is -0.319 e. The number of sulfone groups is 1. The summed E-state index contributed by atoms with van der Waals surface area (Å²) in [7, 11) is -13.4. The lowest BCUT2D eigenvalue weighted by Gasteiger charge is -2.18. The summed E-state index contributed by atoms with van der Waals surface area (Å²) in [4.78, 5) is 25.7. The van der Waals surface area contributed by atoms with Crippen molar-refractivity contribution in [2.24, 2.45) is 0 Å². The Hall–Kier alpha value is -0.280. The molecule has 0 saturated carbocycles. The van der Waals surface area contributed by atoms with Gasteiger partial charge in [-0.1, -0.05) is 0 Å². The van der Waals surface area contributed by atoms with Crippen molar-refractivity contribution in [3.8, 4) is 11.2 Å². The van der Waals surface area contributed by atoms with Crippen LogP contribution in [0.3, 0.4) is 0 Å². The molecule has 0 aliphatic carbocycles. The van der Waals surface area contributed by atoms with Gasteiger partial charge < -0.3 is 9.79 Å². The zero-order chi connectivity index (χ0) is 10.5. The summed E-state index contributed by atoms with van der Waals surface area (Å²) in [6.45, 7) is 0. The average Bonchev–Trinajstić information content (AvgIpc) is 1.81. The Bertz CT molecular complexity index is 474. The van der Waals surface area contributed by atoms with E-state index < -0.39 is 29.7 Å². The topological polar surface area (TPSA) is 129 Å². The highest BCUT2D eigenvalue weighted by Gasteiger charge is 2.76. The van der Waals surface area contributed by atoms with E-state index in [0.717, 1.165) is 0 Å². The van der Waals surface area contributed by atoms with Crippen LogP contribution in [0.2, 0.25) is 0 Å². The first-order valence-corrected chi connectivity index (χ1v) is 6.96. The molecule has 1 aliphatic heterocycles. The van der Waals surface area contributed by atoms with E-state index in [1.807, 2.05) is 0 Å². The van der Waals surface area contributed by atoms with Crippen LogP contribution >= 0.6 is 15.6 Å². The molecule has 13 heavy (non-hydrogen) atoms. The molecule has 2 atom stereocenters. The fraction of sp³-hybridized carbons (Fsp3) is 0.333. The maximum absolute atomic E-state index is 10.8. The summed E-state index contributed by atoms with van der Waals surface area (Å²) in [5, 5.41) is 1.45. The van der Waals surface area contributed by atoms with E-state index in [4.69, 9.17) is 14.7 Å². The minimum absolute atomic E-state index is 1.45. The Morgan fingerprint density at radius 1 is 1.38 bits per heavy atom. The fourth-order valence-corrected chi connectivity index (χ4v) is 4.92. The number of hydrogen-bond acceptors (Lipinski definition) is 4. The Balaban J connectivity index is 3.54. The summed E-state index contributed by atoms with van der Waals surface area (Å²) in [6.07, 6.45) is 0. The highest BCUT2D eigenvalue weighted by atomic mass is 32.2. The van der Waals surface area contributed by atoms with E-state index in [1.54, 1.807) is 5.92 Å². The molecule has 0 spiro atoms. The summed E-state index contributed by atoms with van der Waals surface area (Å²) in [6, 6.07) is 0. The van der Waals surface area contributed by atoms with Crippen LogP contribution in [0.4, 0.5) is 0 Å². The van der Waals surface area contributed by atoms with Crippen LogP contribution in [-0.4, -0.2) is 27.3 Å². The lowest BCUT2D eigenvalue weighted by molar-refractivity contribution is 0.366. The molecule has 10 heteroatoms. The molecule has 0 saturated heterocycles. The van der Waals surface area contributed by atoms with Gasteiger partial charge >= 0.3 is 19.9 Å². The zero-order valence-electron chi connectivity index (χ0n) is 5.78. The van der Waals surface area contributed by atoms with E-state index in [9.17, 15) is 17.5 Å². The first-order valence-electron chi connectivity index (χ1n) is 2.65. The van der Waals surface area contributed by atoms with Gasteiger partial charge in [-0.15, -0.1) is 0 Å². The van der Waals surface area contributed by atoms with Crippen LogP contribution in [0.5, 0.6) is 0 Å². The fourth-order valence-electron chi connectivity index (χ4n) is 0.717. The molecule has 1 heterocycles. The standard InChI is InChI=1S/C3H2O7P2S/c4-11(5)3(12(6,7)8)1-2-13(3,9)10/h(H2-,4,5,6,7,8)/p+1. The SMILES string of the molecule is O=[P+](O)C1(P(=O)(O)O)C#CS1(=O)=O. The van der Waals surface area contributed by atoms with E-state index in [0.29, 0.717) is 0 Å². The quantitative estimate of drug-likeness (QED) is 0.321. The van der Waals surface area contributed by atoms with Gasteiger partial charge in [-0.3, -0.25) is 4.57 Å². The van der Waals surface area contributed by atoms with E-state index in [-0.39, 0.29) is 0 Å². The predicted octanol–water partition coefficient (Wildman–Crippen LogP) is -1.06. The third kappa shape index (κ3) is 1.17. The molecule has 2 unspecified atom stereocenters. The second-order valence-electron chi connectivity index (χ2n) is 2.16. The van der Waals surface area contributed by atoms with Crippen molar-refractivity contribution >= 4 is 25.5 Å². The minimum atomic E-state index is -5.27. The molecular formula is C3H3O7P2S+. The van der Waals surface area contributed by atoms with Gasteiger partial charge in [-0.25, -0.2) is 8.42 Å². The third-order valence-corrected chi connectivity index (χ3v) is 8.05. The van der Waals surface area contributed by atoms with E-state index in [2.05, 4.69) is 0 Å². The lowest BCUT2D eigenvalue weighted by Crippen LogP contribution is -2.38. The number of rotatable bonds is 2. The Morgan fingerprint density at radius 3 is 1.85 bits per heavy atom. The molecule has 0 fully saturated rings. The van der Waals surface area contributed by atoms with Crippen LogP contribution in [0.1, 0.15) is 0 Å². The monoisotopic (exact) mass is 245 g/mol. The van der Waals surface area contributed by atoms with Crippen LogP contribution in [0, 0.1) is 11.2 Å². The van der Waals surface area contributed by atoms with Crippen molar-refractivity contribution in [1.29, 1.82) is 0 Å². The van der Waals surface area contributed by atoms with Crippen molar-refractivity contribution in [2.45, 2.75) is 4.23 Å². The summed E-state index contributed by atoms with van der Waals surface area (Å²) < 4.78 is 39.7. The first-order chi connectivity index (χ1) is 5.65. The van der Waals surface area contributed by atoms with Gasteiger partial charge in [0.15, 0.2) is 0 Å². The molecule has 72 valence electrons. The number of hydrogen-bond donors (Lipinski definition) is 3. The molecule has 1 aliphatic rings. The molecule has 1 rings (SSSR count). The summed E-state index contributed by atoms with van der Waals surface area (Å²) >= 11 is 0. The van der Waals surface area contributed by atoms with Crippen LogP contribution < -0.4 is 0 Å². The molecule has 0 amide bonds. The summed E-state index contributed by atoms with van der Waals surface area (Å²) in [5.41, 5.74) is 0. The van der Waals surface area contributed by atoms with Gasteiger partial charge in [-0.2, -0.15) is 4.89 Å². The summed E-state index contributed by atoms with van der Waals surface area (Å²) in [5.74, 6) is 1.55. The molecule has 0 aromatic heterocycles. The molecule has 0 aromatic rings. The van der Waals surface area contributed by atoms with Crippen LogP contribution in [0.15, 0.2) is 0 Å². The highest BCUT2D eigenvalue weighted by Crippen LogP contribution is 2.66. The first kappa shape index (κ1) is 10.8. The normalized spacial score (nSPS) is 31.2. The molecule has 0 bridgehead atoms. The Morgan fingerprint density at radius 2 is 1.85 bits per heavy atom. The van der Waals surface area contributed by atoms with Gasteiger partial charge in [-0.05, 0) is 4.57 Å². The smallest absolute Gasteiger partial charge is 0.319 e. The maximum Gasteiger partial charge on any atom is 0.556 e. The largest absolute Gasteiger partial charge is 0.556 e. The Kier molecular flexibility index (Phi) is 2.17. The van der Waals surface area contributed by atoms with Gasteiger partial charge in [0, 0.05) is 11.2 Å². The molecular weight excluding hydrogens is 242 g/mol. The molecule has 0 radical (unpaired) electrons. The van der Waals surface area contributed by atoms with Gasteiger partial charge in [0.1, 0.15) is 0 Å². The zero-order valence-corrected chi connectivity index (χ0v) is 8.38. The average molecular weight is 245 g/mol. The van der Waals surface area contributed by atoms with Crippen LogP contribution in [0.25, 0.3) is 0 Å². The predicted molar refractivity (Wildman–Crippen MR) is 41.3 cm³/mol. The van der Waals surface area contributed by atoms with E-state index >= 15 is 0 Å². The second-order valence-corrected chi connectivity index (χ2v) is 7.91. The van der Waals surface area contributed by atoms with E-state index in [1.165, 1.54) is 5.25 Å². The van der Waals surface area contributed by atoms with Gasteiger partial charge in [0.2, 0.25) is 0 Å². The van der Waals surface area contributed by atoms with Gasteiger partial charge in [0.05, 0.1) is 0 Å². The highest BCUT2D eigenvalue weighted by molar-refractivity contribution is 8.11. The second kappa shape index (κ2) is 2.61. The van der Waals surface area contributed by atoms with Crippen molar-refractivity contribution in [3.63, 3.8) is 0 Å². The lowest BCUT2D eigenvalue weighted by atomic mass is 10.8. The molecule has 7 nitrogen and oxygen atoms in total. The van der Waals surface area contributed by atoms with Gasteiger partial charge in [0.25, 0.3) is 9.84 Å². The van der Waals surface area contributed by atoms with Crippen LogP contribution in [-0.2, 0) is 19.0 Å². The van der Waals surface area contributed by atoms with Crippen molar-refractivity contribution in [2.75, 3.05) is 0 Å². The third-order valence-electron chi connectivity index (χ3n) is 1.38. The molecule has 0 aromatic carbocycles. The van der Waals surface area contributed by atoms with Crippen molar-refractivity contribution in [3.05, 3.63) is 0 Å². The van der Waals surface area contributed by atoms with Crippen molar-refractivity contribution in [1.82, 2.24) is 0 Å². The molecule has 3 N–H and O–H groups in total. The van der Waals surface area contributed by atoms with Crippen molar-refractivity contribution < 1.29 is 32.2 Å². The Labute approximate surface area is 73.7 Å². The maximum atomic E-state index is 10.8.